The van der Waals surface area contributed by atoms with E-state index in [4.69, 9.17) is 35.3 Å². The van der Waals surface area contributed by atoms with Crippen LogP contribution in [0.15, 0.2) is 54.6 Å². The van der Waals surface area contributed by atoms with Crippen molar-refractivity contribution in [2.24, 2.45) is 0 Å². The average molecular weight is 647 g/mol. The third-order valence-electron chi connectivity index (χ3n) is 9.43. The molecule has 3 aromatic rings. The van der Waals surface area contributed by atoms with Gasteiger partial charge in [0.1, 0.15) is 17.2 Å². The van der Waals surface area contributed by atoms with Crippen LogP contribution in [0, 0.1) is 0 Å². The summed E-state index contributed by atoms with van der Waals surface area (Å²) >= 11 is 5.72. The van der Waals surface area contributed by atoms with E-state index in [9.17, 15) is 4.79 Å². The van der Waals surface area contributed by atoms with Gasteiger partial charge in [0.2, 0.25) is 0 Å². The summed E-state index contributed by atoms with van der Waals surface area (Å²) in [5.41, 5.74) is 4.11. The van der Waals surface area contributed by atoms with Crippen molar-refractivity contribution in [2.75, 3.05) is 74.9 Å². The van der Waals surface area contributed by atoms with Crippen LogP contribution in [-0.2, 0) is 19.8 Å². The fraction of sp³-hybridized carbons (Fsp3) is 0.486. The molecule has 9 heteroatoms. The molecular weight excluding hydrogens is 604 g/mol. The summed E-state index contributed by atoms with van der Waals surface area (Å²) in [5, 5.41) is 0. The number of hydrogen-bond donors (Lipinski definition) is 0. The normalized spacial score (nSPS) is 17.0. The Labute approximate surface area is 276 Å². The molecule has 0 amide bonds. The third kappa shape index (κ3) is 6.15. The van der Waals surface area contributed by atoms with Crippen LogP contribution in [-0.4, -0.2) is 71.1 Å². The Bertz CT molecular complexity index is 1470. The van der Waals surface area contributed by atoms with Crippen molar-refractivity contribution in [1.29, 1.82) is 0 Å². The van der Waals surface area contributed by atoms with Crippen LogP contribution in [0.3, 0.4) is 0 Å². The maximum atomic E-state index is 13.5. The zero-order chi connectivity index (χ0) is 31.3. The number of alkyl halides is 1. The lowest BCUT2D eigenvalue weighted by Gasteiger charge is -2.39. The molecule has 7 rings (SSSR count). The van der Waals surface area contributed by atoms with Gasteiger partial charge in [0, 0.05) is 91.9 Å². The maximum absolute atomic E-state index is 13.5. The highest BCUT2D eigenvalue weighted by molar-refractivity contribution is 6.17. The molecule has 244 valence electrons. The number of ether oxygens (including phenoxy) is 5. The van der Waals surface area contributed by atoms with Crippen molar-refractivity contribution in [3.05, 3.63) is 76.9 Å². The van der Waals surface area contributed by atoms with Gasteiger partial charge in [-0.05, 0) is 68.1 Å². The van der Waals surface area contributed by atoms with Crippen molar-refractivity contribution in [1.82, 2.24) is 0 Å². The van der Waals surface area contributed by atoms with Crippen LogP contribution in [0.1, 0.15) is 72.0 Å². The van der Waals surface area contributed by atoms with Gasteiger partial charge in [0.15, 0.2) is 5.60 Å². The largest absolute Gasteiger partial charge is 0.493 e. The van der Waals surface area contributed by atoms with Gasteiger partial charge in [-0.15, -0.1) is 11.6 Å². The minimum Gasteiger partial charge on any atom is -0.493 e. The molecule has 2 fully saturated rings. The number of nitrogens with zero attached hydrogens (tertiary/aromatic N) is 2. The zero-order valence-corrected chi connectivity index (χ0v) is 27.2. The van der Waals surface area contributed by atoms with E-state index in [1.54, 1.807) is 0 Å². The highest BCUT2D eigenvalue weighted by atomic mass is 35.5. The number of anilines is 2. The van der Waals surface area contributed by atoms with E-state index < -0.39 is 5.60 Å². The minimum atomic E-state index is -1.12. The molecule has 0 saturated carbocycles. The standard InChI is InChI=1S/C37H43ClN2O6/c38-14-3-1-2-4-19-42-22-23-43-20-7-21-44-29-10-11-30-33(26-29)37(46-36(30)41)31-12-8-27(39-15-5-16-39)24-34(31)45-35-25-28(9-13-32(35)37)40-17-6-18-40/h8-13,24-26H,1-7,14-23H2. The van der Waals surface area contributed by atoms with Crippen LogP contribution in [0.5, 0.6) is 17.2 Å². The van der Waals surface area contributed by atoms with Gasteiger partial charge in [-0.2, -0.15) is 0 Å². The van der Waals surface area contributed by atoms with E-state index in [1.165, 1.54) is 12.8 Å². The highest BCUT2D eigenvalue weighted by Gasteiger charge is 2.54. The number of unbranched alkanes of at least 4 members (excludes halogenated alkanes) is 3. The second kappa shape index (κ2) is 14.1. The van der Waals surface area contributed by atoms with Gasteiger partial charge in [0.05, 0.1) is 25.4 Å². The second-order valence-corrected chi connectivity index (χ2v) is 12.8. The zero-order valence-electron chi connectivity index (χ0n) is 26.4. The number of benzene rings is 3. The topological polar surface area (TPSA) is 69.7 Å². The van der Waals surface area contributed by atoms with E-state index in [0.29, 0.717) is 37.7 Å². The SMILES string of the molecule is O=C1OC2(c3ccc(N4CCC4)cc3Oc3cc(N4CCC4)ccc32)c2cc(OCCCOCCOCCCCCCCl)ccc21. The van der Waals surface area contributed by atoms with Crippen molar-refractivity contribution < 1.29 is 28.5 Å². The van der Waals surface area contributed by atoms with Gasteiger partial charge in [-0.3, -0.25) is 0 Å². The average Bonchev–Trinajstić information content (AvgIpc) is 3.29. The lowest BCUT2D eigenvalue weighted by atomic mass is 9.77. The summed E-state index contributed by atoms with van der Waals surface area (Å²) in [6.07, 6.45) is 7.57. The number of hydrogen-bond acceptors (Lipinski definition) is 8. The van der Waals surface area contributed by atoms with E-state index in [1.807, 2.05) is 18.2 Å². The monoisotopic (exact) mass is 646 g/mol. The molecule has 0 aromatic heterocycles. The van der Waals surface area contributed by atoms with Crippen LogP contribution in [0.4, 0.5) is 11.4 Å². The molecular formula is C37H43ClN2O6. The first kappa shape index (κ1) is 31.2. The molecule has 1 spiro atoms. The predicted octanol–water partition coefficient (Wildman–Crippen LogP) is 7.28. The van der Waals surface area contributed by atoms with Crippen LogP contribution in [0.25, 0.3) is 0 Å². The highest BCUT2D eigenvalue weighted by Crippen LogP contribution is 2.57. The van der Waals surface area contributed by atoms with Gasteiger partial charge >= 0.3 is 5.97 Å². The third-order valence-corrected chi connectivity index (χ3v) is 9.70. The molecule has 4 heterocycles. The van der Waals surface area contributed by atoms with Crippen LogP contribution < -0.4 is 19.3 Å². The summed E-state index contributed by atoms with van der Waals surface area (Å²) in [4.78, 5) is 18.1. The molecule has 0 unspecified atom stereocenters. The molecule has 4 aliphatic heterocycles. The molecule has 0 bridgehead atoms. The van der Waals surface area contributed by atoms with Crippen molar-refractivity contribution in [3.63, 3.8) is 0 Å². The molecule has 2 saturated heterocycles. The quantitative estimate of drug-likeness (QED) is 0.0914. The number of rotatable bonds is 16. The van der Waals surface area contributed by atoms with Crippen LogP contribution in [0.2, 0.25) is 0 Å². The van der Waals surface area contributed by atoms with Crippen LogP contribution >= 0.6 is 11.6 Å². The number of carbonyl (C=O) groups is 1. The molecule has 8 nitrogen and oxygen atoms in total. The first-order valence-corrected chi connectivity index (χ1v) is 17.4. The first-order chi connectivity index (χ1) is 22.7. The summed E-state index contributed by atoms with van der Waals surface area (Å²) in [6, 6.07) is 18.2. The number of carbonyl (C=O) groups excluding carboxylic acids is 1. The van der Waals surface area contributed by atoms with Crippen molar-refractivity contribution in [2.45, 2.75) is 50.5 Å². The minimum absolute atomic E-state index is 0.343. The summed E-state index contributed by atoms with van der Waals surface area (Å²) in [5.74, 6) is 2.52. The lowest BCUT2D eigenvalue weighted by molar-refractivity contribution is 0.0224. The van der Waals surface area contributed by atoms with E-state index in [0.717, 1.165) is 110 Å². The summed E-state index contributed by atoms with van der Waals surface area (Å²) < 4.78 is 30.6. The van der Waals surface area contributed by atoms with Gasteiger partial charge in [0.25, 0.3) is 0 Å². The molecule has 0 N–H and O–H groups in total. The number of esters is 1. The molecule has 0 radical (unpaired) electrons. The Morgan fingerprint density at radius 3 is 1.91 bits per heavy atom. The lowest BCUT2D eigenvalue weighted by Crippen LogP contribution is -2.38. The molecule has 46 heavy (non-hydrogen) atoms. The summed E-state index contributed by atoms with van der Waals surface area (Å²) in [7, 11) is 0. The van der Waals surface area contributed by atoms with Crippen molar-refractivity contribution in [3.8, 4) is 17.2 Å². The Kier molecular flexibility index (Phi) is 9.56. The maximum Gasteiger partial charge on any atom is 0.340 e. The van der Waals surface area contributed by atoms with E-state index >= 15 is 0 Å². The Morgan fingerprint density at radius 2 is 1.30 bits per heavy atom. The fourth-order valence-electron chi connectivity index (χ4n) is 6.64. The summed E-state index contributed by atoms with van der Waals surface area (Å²) in [6.45, 7) is 7.16. The Morgan fingerprint density at radius 1 is 0.674 bits per heavy atom. The molecule has 3 aromatic carbocycles. The molecule has 4 aliphatic rings. The molecule has 0 aliphatic carbocycles. The molecule has 0 atom stereocenters. The van der Waals surface area contributed by atoms with Gasteiger partial charge < -0.3 is 33.5 Å². The smallest absolute Gasteiger partial charge is 0.340 e. The Hall–Kier alpha value is -3.46. The number of halogens is 1. The number of fused-ring (bicyclic) bond motifs is 6. The first-order valence-electron chi connectivity index (χ1n) is 16.9. The fourth-order valence-corrected chi connectivity index (χ4v) is 6.82. The predicted molar refractivity (Wildman–Crippen MR) is 179 cm³/mol. The van der Waals surface area contributed by atoms with Crippen molar-refractivity contribution >= 4 is 28.9 Å². The van der Waals surface area contributed by atoms with Gasteiger partial charge in [-0.1, -0.05) is 12.8 Å². The van der Waals surface area contributed by atoms with E-state index in [-0.39, 0.29) is 5.97 Å². The Balaban J connectivity index is 1.05. The van der Waals surface area contributed by atoms with E-state index in [2.05, 4.69) is 46.2 Å². The van der Waals surface area contributed by atoms with Gasteiger partial charge in [-0.25, -0.2) is 4.79 Å². The second-order valence-electron chi connectivity index (χ2n) is 12.5.